The van der Waals surface area contributed by atoms with E-state index in [1.54, 1.807) is 0 Å². The second kappa shape index (κ2) is 35.6. The van der Waals surface area contributed by atoms with Gasteiger partial charge in [0.25, 0.3) is 0 Å². The van der Waals surface area contributed by atoms with Crippen LogP contribution in [0.2, 0.25) is 0 Å². The summed E-state index contributed by atoms with van der Waals surface area (Å²) in [7, 11) is 5.51. The maximum Gasteiger partial charge on any atom is 0.362 e. The summed E-state index contributed by atoms with van der Waals surface area (Å²) in [6, 6.07) is -0.617. The van der Waals surface area contributed by atoms with E-state index in [1.807, 2.05) is 21.1 Å². The molecule has 2 atom stereocenters. The van der Waals surface area contributed by atoms with Gasteiger partial charge < -0.3 is 23.8 Å². The lowest BCUT2D eigenvalue weighted by atomic mass is 10.1. The Morgan fingerprint density at radius 3 is 1.56 bits per heavy atom. The highest BCUT2D eigenvalue weighted by Crippen LogP contribution is 2.13. The van der Waals surface area contributed by atoms with Crippen LogP contribution < -0.4 is 0 Å². The minimum absolute atomic E-state index is 0.0534. The Balaban J connectivity index is 4.41. The molecule has 0 aromatic heterocycles. The van der Waals surface area contributed by atoms with Crippen LogP contribution in [0.1, 0.15) is 174 Å². The summed E-state index contributed by atoms with van der Waals surface area (Å²) in [5, 5.41) is 9.60. The summed E-state index contributed by atoms with van der Waals surface area (Å²) in [4.78, 5) is 36.9. The largest absolute Gasteiger partial charge is 0.477 e. The molecule has 8 nitrogen and oxygen atoms in total. The van der Waals surface area contributed by atoms with Crippen molar-refractivity contribution in [3.8, 4) is 0 Å². The topological polar surface area (TPSA) is 99.1 Å². The van der Waals surface area contributed by atoms with Gasteiger partial charge >= 0.3 is 17.9 Å². The van der Waals surface area contributed by atoms with Gasteiger partial charge in [-0.05, 0) is 64.2 Å². The third-order valence-electron chi connectivity index (χ3n) is 9.26. The lowest BCUT2D eigenvalue weighted by Crippen LogP contribution is -2.50. The number of esters is 2. The van der Waals surface area contributed by atoms with E-state index in [-0.39, 0.29) is 36.2 Å². The summed E-state index contributed by atoms with van der Waals surface area (Å²) in [6.07, 6.45) is 38.9. The lowest BCUT2D eigenvalue weighted by Gasteiger charge is -2.31. The first-order valence-corrected chi connectivity index (χ1v) is 21.0. The Hall–Kier alpha value is -2.45. The maximum absolute atomic E-state index is 12.7. The zero-order valence-electron chi connectivity index (χ0n) is 34.3. The molecule has 0 saturated carbocycles. The number of nitrogens with zero attached hydrogens (tertiary/aromatic N) is 1. The van der Waals surface area contributed by atoms with Crippen molar-refractivity contribution in [3.63, 3.8) is 0 Å². The molecule has 0 heterocycles. The summed E-state index contributed by atoms with van der Waals surface area (Å²) in [6.45, 7) is 4.66. The Morgan fingerprint density at radius 2 is 1.04 bits per heavy atom. The molecule has 0 aliphatic carbocycles. The zero-order chi connectivity index (χ0) is 38.5. The fraction of sp³-hybridized carbons (Fsp3) is 0.795. The molecule has 0 saturated heterocycles. The number of carbonyl (C=O) groups excluding carboxylic acids is 2. The van der Waals surface area contributed by atoms with Gasteiger partial charge in [-0.3, -0.25) is 9.59 Å². The molecule has 302 valence electrons. The van der Waals surface area contributed by atoms with E-state index in [2.05, 4.69) is 50.3 Å². The van der Waals surface area contributed by atoms with Crippen molar-refractivity contribution < 1.29 is 38.2 Å². The van der Waals surface area contributed by atoms with Crippen LogP contribution in [0.25, 0.3) is 0 Å². The monoisotopic (exact) mass is 735 g/mol. The number of quaternary nitrogens is 1. The van der Waals surface area contributed by atoms with Gasteiger partial charge in [0.2, 0.25) is 0 Å². The first-order valence-electron chi connectivity index (χ1n) is 21.0. The number of allylic oxidation sites excluding steroid dienone is 6. The number of ether oxygens (including phenoxy) is 3. The van der Waals surface area contributed by atoms with Crippen LogP contribution >= 0.6 is 0 Å². The number of rotatable bonds is 37. The van der Waals surface area contributed by atoms with Gasteiger partial charge in [-0.1, -0.05) is 127 Å². The van der Waals surface area contributed by atoms with Gasteiger partial charge in [-0.25, -0.2) is 4.79 Å². The lowest BCUT2D eigenvalue weighted by molar-refractivity contribution is -0.887. The molecule has 1 N–H and O–H groups in total. The van der Waals surface area contributed by atoms with E-state index in [0.29, 0.717) is 19.3 Å². The van der Waals surface area contributed by atoms with Crippen LogP contribution in [0.5, 0.6) is 0 Å². The van der Waals surface area contributed by atoms with Gasteiger partial charge in [0.15, 0.2) is 12.1 Å². The third kappa shape index (κ3) is 33.4. The van der Waals surface area contributed by atoms with Crippen LogP contribution in [-0.2, 0) is 28.6 Å². The number of hydrogen-bond donors (Lipinski definition) is 1. The second-order valence-electron chi connectivity index (χ2n) is 15.2. The van der Waals surface area contributed by atoms with E-state index in [4.69, 9.17) is 14.2 Å². The molecule has 0 aliphatic heterocycles. The van der Waals surface area contributed by atoms with Gasteiger partial charge in [0, 0.05) is 19.3 Å². The van der Waals surface area contributed by atoms with Crippen LogP contribution in [0.3, 0.4) is 0 Å². The molecule has 0 aromatic rings. The number of unbranched alkanes of at least 4 members (excludes halogenated alkanes) is 17. The predicted molar refractivity (Wildman–Crippen MR) is 215 cm³/mol. The predicted octanol–water partition coefficient (Wildman–Crippen LogP) is 11.1. The molecule has 0 spiro atoms. The summed E-state index contributed by atoms with van der Waals surface area (Å²) in [5.74, 6) is -1.50. The molecular weight excluding hydrogens is 654 g/mol. The Morgan fingerprint density at radius 1 is 0.577 bits per heavy atom. The SMILES string of the molecule is CCCC/C=C\C/C=C\CCCCCCCC(=O)OC(COCCC(C(=O)O)[N+](C)(C)C)COC(=O)CCCCCCC/C=C\CCCCCCC. The van der Waals surface area contributed by atoms with E-state index < -0.39 is 18.1 Å². The van der Waals surface area contributed by atoms with E-state index in [9.17, 15) is 19.5 Å². The number of hydrogen-bond acceptors (Lipinski definition) is 6. The second-order valence-corrected chi connectivity index (χ2v) is 15.2. The van der Waals surface area contributed by atoms with Crippen molar-refractivity contribution in [2.24, 2.45) is 0 Å². The van der Waals surface area contributed by atoms with Gasteiger partial charge in [0.1, 0.15) is 6.61 Å². The Kier molecular flexibility index (Phi) is 33.9. The van der Waals surface area contributed by atoms with Gasteiger partial charge in [0.05, 0.1) is 34.4 Å². The van der Waals surface area contributed by atoms with Crippen molar-refractivity contribution >= 4 is 17.9 Å². The van der Waals surface area contributed by atoms with E-state index in [0.717, 1.165) is 77.0 Å². The van der Waals surface area contributed by atoms with Crippen molar-refractivity contribution in [1.82, 2.24) is 0 Å². The van der Waals surface area contributed by atoms with E-state index in [1.165, 1.54) is 64.2 Å². The van der Waals surface area contributed by atoms with Crippen molar-refractivity contribution in [2.45, 2.75) is 187 Å². The summed E-state index contributed by atoms with van der Waals surface area (Å²) >= 11 is 0. The van der Waals surface area contributed by atoms with Crippen LogP contribution in [0, 0.1) is 0 Å². The fourth-order valence-corrected chi connectivity index (χ4v) is 5.92. The Labute approximate surface area is 319 Å². The van der Waals surface area contributed by atoms with Crippen LogP contribution in [-0.4, -0.2) is 80.6 Å². The van der Waals surface area contributed by atoms with Gasteiger partial charge in [-0.15, -0.1) is 0 Å². The van der Waals surface area contributed by atoms with Crippen molar-refractivity contribution in [2.75, 3.05) is 41.0 Å². The number of carbonyl (C=O) groups is 3. The fourth-order valence-electron chi connectivity index (χ4n) is 5.92. The molecule has 0 amide bonds. The molecule has 52 heavy (non-hydrogen) atoms. The average molecular weight is 735 g/mol. The standard InChI is InChI=1S/C44H79NO7/c1-6-8-10-12-14-16-18-20-22-24-26-28-30-32-34-42(46)51-39-40(38-50-37-36-41(44(48)49)45(3,4)5)52-43(47)35-33-31-29-27-25-23-21-19-17-15-13-11-9-7-2/h13,15,18-21,40-41H,6-12,14,16-17,22-39H2,1-5H3/p+1/b15-13-,20-18-,21-19-. The molecule has 2 unspecified atom stereocenters. The first-order chi connectivity index (χ1) is 25.1. The molecule has 0 radical (unpaired) electrons. The summed E-state index contributed by atoms with van der Waals surface area (Å²) in [5.41, 5.74) is 0. The highest BCUT2D eigenvalue weighted by molar-refractivity contribution is 5.72. The van der Waals surface area contributed by atoms with Crippen LogP contribution in [0.4, 0.5) is 0 Å². The number of carboxylic acid groups (broad SMARTS) is 1. The molecule has 0 bridgehead atoms. The highest BCUT2D eigenvalue weighted by Gasteiger charge is 2.31. The number of likely N-dealkylation sites (N-methyl/N-ethyl adjacent to an activating group) is 1. The van der Waals surface area contributed by atoms with Crippen LogP contribution in [0.15, 0.2) is 36.5 Å². The first kappa shape index (κ1) is 49.6. The molecule has 8 heteroatoms. The van der Waals surface area contributed by atoms with Crippen molar-refractivity contribution in [3.05, 3.63) is 36.5 Å². The smallest absolute Gasteiger partial charge is 0.362 e. The third-order valence-corrected chi connectivity index (χ3v) is 9.26. The quantitative estimate of drug-likeness (QED) is 0.0293. The molecular formula is C44H80NO7+. The molecule has 0 aromatic carbocycles. The van der Waals surface area contributed by atoms with Gasteiger partial charge in [-0.2, -0.15) is 0 Å². The van der Waals surface area contributed by atoms with Crippen molar-refractivity contribution in [1.29, 1.82) is 0 Å². The Bertz CT molecular complexity index is 953. The number of carboxylic acids is 1. The number of aliphatic carboxylic acids is 1. The molecule has 0 fully saturated rings. The van der Waals surface area contributed by atoms with E-state index >= 15 is 0 Å². The zero-order valence-corrected chi connectivity index (χ0v) is 34.3. The highest BCUT2D eigenvalue weighted by atomic mass is 16.6. The summed E-state index contributed by atoms with van der Waals surface area (Å²) < 4.78 is 17.2. The minimum atomic E-state index is -0.879. The maximum atomic E-state index is 12.7. The molecule has 0 rings (SSSR count). The normalized spacial score (nSPS) is 13.3. The average Bonchev–Trinajstić information content (AvgIpc) is 3.09. The minimum Gasteiger partial charge on any atom is -0.477 e. The molecule has 0 aliphatic rings.